The van der Waals surface area contributed by atoms with Crippen molar-refractivity contribution in [2.75, 3.05) is 26.4 Å². The lowest BCUT2D eigenvalue weighted by Crippen LogP contribution is -2.14. The Bertz CT molecular complexity index is 150. The molecule has 0 aromatic heterocycles. The van der Waals surface area contributed by atoms with E-state index < -0.39 is 0 Å². The molecule has 0 unspecified atom stereocenters. The SMILES string of the molecule is C1COC([C@H]2CCOC2)=N1. The third-order valence-electron chi connectivity index (χ3n) is 1.89. The van der Waals surface area contributed by atoms with Crippen LogP contribution in [0.5, 0.6) is 0 Å². The molecule has 2 heterocycles. The Labute approximate surface area is 60.0 Å². The van der Waals surface area contributed by atoms with Crippen LogP contribution < -0.4 is 0 Å². The van der Waals surface area contributed by atoms with Crippen LogP contribution in [0.3, 0.4) is 0 Å². The molecule has 2 aliphatic rings. The molecule has 10 heavy (non-hydrogen) atoms. The molecule has 1 atom stereocenters. The van der Waals surface area contributed by atoms with Gasteiger partial charge in [0.1, 0.15) is 6.61 Å². The summed E-state index contributed by atoms with van der Waals surface area (Å²) in [6.45, 7) is 3.28. The zero-order valence-electron chi connectivity index (χ0n) is 5.88. The molecule has 0 amide bonds. The summed E-state index contributed by atoms with van der Waals surface area (Å²) in [6, 6.07) is 0. The average molecular weight is 141 g/mol. The van der Waals surface area contributed by atoms with Crippen molar-refractivity contribution in [2.24, 2.45) is 10.9 Å². The van der Waals surface area contributed by atoms with E-state index in [0.29, 0.717) is 5.92 Å². The molecule has 2 rings (SSSR count). The lowest BCUT2D eigenvalue weighted by atomic mass is 10.1. The van der Waals surface area contributed by atoms with Gasteiger partial charge in [-0.15, -0.1) is 0 Å². The van der Waals surface area contributed by atoms with Crippen LogP contribution in [0.1, 0.15) is 6.42 Å². The molecular formula is C7H11NO2. The van der Waals surface area contributed by atoms with Gasteiger partial charge in [0, 0.05) is 6.61 Å². The number of ether oxygens (including phenoxy) is 2. The minimum Gasteiger partial charge on any atom is -0.479 e. The number of nitrogens with zero attached hydrogens (tertiary/aromatic N) is 1. The fraction of sp³-hybridized carbons (Fsp3) is 0.857. The monoisotopic (exact) mass is 141 g/mol. The van der Waals surface area contributed by atoms with E-state index >= 15 is 0 Å². The Morgan fingerprint density at radius 1 is 1.40 bits per heavy atom. The van der Waals surface area contributed by atoms with Crippen LogP contribution in [-0.2, 0) is 9.47 Å². The highest BCUT2D eigenvalue weighted by molar-refractivity contribution is 5.80. The van der Waals surface area contributed by atoms with E-state index in [4.69, 9.17) is 9.47 Å². The highest BCUT2D eigenvalue weighted by atomic mass is 16.5. The van der Waals surface area contributed by atoms with Crippen LogP contribution in [0.15, 0.2) is 4.99 Å². The van der Waals surface area contributed by atoms with Crippen LogP contribution in [0.2, 0.25) is 0 Å². The number of aliphatic imine (C=N–C) groups is 1. The third-order valence-corrected chi connectivity index (χ3v) is 1.89. The van der Waals surface area contributed by atoms with Crippen LogP contribution in [0.25, 0.3) is 0 Å². The standard InChI is InChI=1S/C7H11NO2/c1-3-9-5-6(1)7-8-2-4-10-7/h6H,1-5H2/t6-/m0/s1. The Morgan fingerprint density at radius 3 is 3.00 bits per heavy atom. The molecule has 3 heteroatoms. The molecule has 0 aromatic carbocycles. The van der Waals surface area contributed by atoms with Gasteiger partial charge in [-0.05, 0) is 6.42 Å². The third kappa shape index (κ3) is 1.01. The van der Waals surface area contributed by atoms with Gasteiger partial charge >= 0.3 is 0 Å². The average Bonchev–Trinajstić information content (AvgIpc) is 2.59. The minimum atomic E-state index is 0.461. The van der Waals surface area contributed by atoms with Crippen molar-refractivity contribution in [3.63, 3.8) is 0 Å². The molecule has 0 aliphatic carbocycles. The zero-order chi connectivity index (χ0) is 6.81. The summed E-state index contributed by atoms with van der Waals surface area (Å²) in [5.41, 5.74) is 0. The Balaban J connectivity index is 1.97. The van der Waals surface area contributed by atoms with Crippen molar-refractivity contribution >= 4 is 5.90 Å². The predicted molar refractivity (Wildman–Crippen MR) is 37.2 cm³/mol. The number of rotatable bonds is 1. The molecule has 0 bridgehead atoms. The van der Waals surface area contributed by atoms with Crippen LogP contribution in [0.4, 0.5) is 0 Å². The zero-order valence-corrected chi connectivity index (χ0v) is 5.88. The highest BCUT2D eigenvalue weighted by Crippen LogP contribution is 2.16. The van der Waals surface area contributed by atoms with Gasteiger partial charge in [0.25, 0.3) is 0 Å². The van der Waals surface area contributed by atoms with E-state index in [1.54, 1.807) is 0 Å². The van der Waals surface area contributed by atoms with Crippen molar-refractivity contribution in [3.8, 4) is 0 Å². The van der Waals surface area contributed by atoms with E-state index in [9.17, 15) is 0 Å². The van der Waals surface area contributed by atoms with Crippen molar-refractivity contribution < 1.29 is 9.47 Å². The molecule has 0 radical (unpaired) electrons. The fourth-order valence-electron chi connectivity index (χ4n) is 1.33. The maximum Gasteiger partial charge on any atom is 0.189 e. The van der Waals surface area contributed by atoms with E-state index in [-0.39, 0.29) is 0 Å². The second-order valence-electron chi connectivity index (χ2n) is 2.63. The van der Waals surface area contributed by atoms with Crippen LogP contribution in [0, 0.1) is 5.92 Å². The summed E-state index contributed by atoms with van der Waals surface area (Å²) in [5, 5.41) is 0. The Hall–Kier alpha value is -0.570. The first kappa shape index (κ1) is 6.16. The van der Waals surface area contributed by atoms with E-state index in [1.807, 2.05) is 0 Å². The van der Waals surface area contributed by atoms with Crippen LogP contribution in [-0.4, -0.2) is 32.3 Å². The predicted octanol–water partition coefficient (Wildman–Crippen LogP) is 0.452. The van der Waals surface area contributed by atoms with Gasteiger partial charge in [0.15, 0.2) is 5.90 Å². The van der Waals surface area contributed by atoms with Gasteiger partial charge in [-0.2, -0.15) is 0 Å². The minimum absolute atomic E-state index is 0.461. The van der Waals surface area contributed by atoms with E-state index in [1.165, 1.54) is 0 Å². The van der Waals surface area contributed by atoms with Crippen molar-refractivity contribution in [3.05, 3.63) is 0 Å². The molecule has 1 saturated heterocycles. The second-order valence-corrected chi connectivity index (χ2v) is 2.63. The van der Waals surface area contributed by atoms with Crippen molar-refractivity contribution in [1.82, 2.24) is 0 Å². The fourth-order valence-corrected chi connectivity index (χ4v) is 1.33. The maximum absolute atomic E-state index is 5.31. The Kier molecular flexibility index (Phi) is 1.59. The molecular weight excluding hydrogens is 130 g/mol. The summed E-state index contributed by atoms with van der Waals surface area (Å²) in [5.74, 6) is 1.39. The molecule has 2 aliphatic heterocycles. The highest BCUT2D eigenvalue weighted by Gasteiger charge is 2.24. The van der Waals surface area contributed by atoms with Gasteiger partial charge in [0.05, 0.1) is 19.1 Å². The van der Waals surface area contributed by atoms with Gasteiger partial charge in [-0.3, -0.25) is 4.99 Å². The van der Waals surface area contributed by atoms with Gasteiger partial charge in [-0.25, -0.2) is 0 Å². The number of hydrogen-bond acceptors (Lipinski definition) is 3. The van der Waals surface area contributed by atoms with Crippen molar-refractivity contribution in [2.45, 2.75) is 6.42 Å². The second kappa shape index (κ2) is 2.58. The first-order valence-corrected chi connectivity index (χ1v) is 3.72. The van der Waals surface area contributed by atoms with Gasteiger partial charge < -0.3 is 9.47 Å². The van der Waals surface area contributed by atoms with Gasteiger partial charge in [-0.1, -0.05) is 0 Å². The topological polar surface area (TPSA) is 30.8 Å². The quantitative estimate of drug-likeness (QED) is 0.531. The molecule has 0 N–H and O–H groups in total. The smallest absolute Gasteiger partial charge is 0.189 e. The van der Waals surface area contributed by atoms with E-state index in [2.05, 4.69) is 4.99 Å². The summed E-state index contributed by atoms with van der Waals surface area (Å²) in [4.78, 5) is 4.23. The lowest BCUT2D eigenvalue weighted by Gasteiger charge is -2.05. The normalized spacial score (nSPS) is 32.0. The summed E-state index contributed by atoms with van der Waals surface area (Å²) in [7, 11) is 0. The maximum atomic E-state index is 5.31. The largest absolute Gasteiger partial charge is 0.479 e. The summed E-state index contributed by atoms with van der Waals surface area (Å²) >= 11 is 0. The lowest BCUT2D eigenvalue weighted by molar-refractivity contribution is 0.189. The molecule has 0 spiro atoms. The van der Waals surface area contributed by atoms with E-state index in [0.717, 1.165) is 38.7 Å². The summed E-state index contributed by atoms with van der Waals surface area (Å²) < 4.78 is 10.5. The van der Waals surface area contributed by atoms with Crippen molar-refractivity contribution in [1.29, 1.82) is 0 Å². The molecule has 3 nitrogen and oxygen atoms in total. The molecule has 1 fully saturated rings. The number of hydrogen-bond donors (Lipinski definition) is 0. The molecule has 0 saturated carbocycles. The molecule has 56 valence electrons. The first-order chi connectivity index (χ1) is 4.97. The first-order valence-electron chi connectivity index (χ1n) is 3.72. The van der Waals surface area contributed by atoms with Gasteiger partial charge in [0.2, 0.25) is 0 Å². The summed E-state index contributed by atoms with van der Waals surface area (Å²) in [6.07, 6.45) is 1.08. The van der Waals surface area contributed by atoms with Crippen LogP contribution >= 0.6 is 0 Å². The Morgan fingerprint density at radius 2 is 2.40 bits per heavy atom. The molecule has 0 aromatic rings.